The van der Waals surface area contributed by atoms with Crippen LogP contribution in [0.2, 0.25) is 5.02 Å². The number of anilines is 2. The van der Waals surface area contributed by atoms with Gasteiger partial charge in [-0.05, 0) is 37.6 Å². The van der Waals surface area contributed by atoms with Gasteiger partial charge in [0.05, 0.1) is 30.7 Å². The average molecular weight is 414 g/mol. The fourth-order valence-corrected chi connectivity index (χ4v) is 2.57. The van der Waals surface area contributed by atoms with E-state index in [1.54, 1.807) is 37.3 Å². The van der Waals surface area contributed by atoms with Crippen molar-refractivity contribution >= 4 is 34.9 Å². The number of carbonyl (C=O) groups excluding carboxylic acids is 2. The van der Waals surface area contributed by atoms with Gasteiger partial charge in [-0.2, -0.15) is 5.26 Å². The van der Waals surface area contributed by atoms with Gasteiger partial charge in [0.15, 0.2) is 0 Å². The summed E-state index contributed by atoms with van der Waals surface area (Å²) >= 11 is 6.08. The number of hydrogen-bond donors (Lipinski definition) is 2. The molecule has 0 bridgehead atoms. The van der Waals surface area contributed by atoms with Crippen molar-refractivity contribution in [2.24, 2.45) is 0 Å². The third-order valence-corrected chi connectivity index (χ3v) is 4.30. The first-order valence-electron chi connectivity index (χ1n) is 8.69. The summed E-state index contributed by atoms with van der Waals surface area (Å²) in [5.41, 5.74) is 1.59. The van der Waals surface area contributed by atoms with Gasteiger partial charge < -0.3 is 20.1 Å². The molecule has 0 aliphatic carbocycles. The van der Waals surface area contributed by atoms with Crippen LogP contribution < -0.4 is 15.4 Å². The van der Waals surface area contributed by atoms with Crippen molar-refractivity contribution in [3.05, 3.63) is 64.3 Å². The molecule has 0 saturated carbocycles. The van der Waals surface area contributed by atoms with Crippen LogP contribution >= 0.6 is 11.6 Å². The van der Waals surface area contributed by atoms with Gasteiger partial charge in [0.25, 0.3) is 5.91 Å². The van der Waals surface area contributed by atoms with Crippen LogP contribution in [0.4, 0.5) is 11.4 Å². The molecular formula is C21H20ClN3O4. The van der Waals surface area contributed by atoms with Crippen molar-refractivity contribution in [1.82, 2.24) is 0 Å². The Labute approximate surface area is 173 Å². The lowest BCUT2D eigenvalue weighted by Crippen LogP contribution is -2.17. The first-order chi connectivity index (χ1) is 13.9. The fourth-order valence-electron chi connectivity index (χ4n) is 2.41. The smallest absolute Gasteiger partial charge is 0.340 e. The van der Waals surface area contributed by atoms with Gasteiger partial charge in [-0.25, -0.2) is 4.79 Å². The highest BCUT2D eigenvalue weighted by molar-refractivity contribution is 6.31. The number of nitrogens with one attached hydrogen (secondary N) is 2. The number of ether oxygens (including phenoxy) is 2. The van der Waals surface area contributed by atoms with Crippen molar-refractivity contribution in [1.29, 1.82) is 5.26 Å². The zero-order valence-corrected chi connectivity index (χ0v) is 17.0. The van der Waals surface area contributed by atoms with Crippen LogP contribution in [0.3, 0.4) is 0 Å². The Hall–Kier alpha value is -3.50. The van der Waals surface area contributed by atoms with Crippen LogP contribution in [-0.2, 0) is 9.53 Å². The van der Waals surface area contributed by atoms with E-state index in [0.29, 0.717) is 16.5 Å². The van der Waals surface area contributed by atoms with E-state index in [0.717, 1.165) is 5.56 Å². The number of nitrogens with zero attached hydrogens (tertiary/aromatic N) is 1. The highest BCUT2D eigenvalue weighted by Crippen LogP contribution is 2.31. The molecule has 0 aliphatic heterocycles. The molecule has 2 N–H and O–H groups in total. The Balaban J connectivity index is 2.24. The monoisotopic (exact) mass is 413 g/mol. The number of aryl methyl sites for hydroxylation is 1. The quantitative estimate of drug-likeness (QED) is 0.399. The lowest BCUT2D eigenvalue weighted by molar-refractivity contribution is -0.112. The maximum atomic E-state index is 12.5. The lowest BCUT2D eigenvalue weighted by Gasteiger charge is -2.12. The van der Waals surface area contributed by atoms with E-state index in [-0.39, 0.29) is 23.4 Å². The number of esters is 1. The summed E-state index contributed by atoms with van der Waals surface area (Å²) in [6, 6.07) is 11.6. The Morgan fingerprint density at radius 3 is 2.62 bits per heavy atom. The average Bonchev–Trinajstić information content (AvgIpc) is 2.71. The first-order valence-corrected chi connectivity index (χ1v) is 9.07. The minimum atomic E-state index is -0.679. The standard InChI is InChI=1S/C21H20ClN3O4/c1-4-29-21(27)15-7-5-6-8-17(15)25-20(26)14(11-23)12-24-18-9-13(2)16(22)10-19(18)28-3/h5-10,12,24H,4H2,1-3H3,(H,25,26)/b14-12-. The number of benzene rings is 2. The minimum absolute atomic E-state index is 0.196. The predicted molar refractivity (Wildman–Crippen MR) is 111 cm³/mol. The molecule has 0 spiro atoms. The number of para-hydroxylation sites is 1. The molecule has 29 heavy (non-hydrogen) atoms. The molecule has 2 rings (SSSR count). The van der Waals surface area contributed by atoms with Gasteiger partial charge in [-0.3, -0.25) is 4.79 Å². The summed E-state index contributed by atoms with van der Waals surface area (Å²) in [4.78, 5) is 24.6. The number of halogens is 1. The van der Waals surface area contributed by atoms with Crippen LogP contribution in [0.15, 0.2) is 48.2 Å². The predicted octanol–water partition coefficient (Wildman–Crippen LogP) is 4.29. The van der Waals surface area contributed by atoms with E-state index >= 15 is 0 Å². The summed E-state index contributed by atoms with van der Waals surface area (Å²) in [5, 5.41) is 15.4. The van der Waals surface area contributed by atoms with Crippen LogP contribution in [0.25, 0.3) is 0 Å². The summed E-state index contributed by atoms with van der Waals surface area (Å²) in [6.07, 6.45) is 1.26. The van der Waals surface area contributed by atoms with E-state index < -0.39 is 11.9 Å². The SMILES string of the molecule is CCOC(=O)c1ccccc1NC(=O)/C(C#N)=C\Nc1cc(C)c(Cl)cc1OC. The van der Waals surface area contributed by atoms with Crippen molar-refractivity contribution in [3.8, 4) is 11.8 Å². The second-order valence-electron chi connectivity index (χ2n) is 5.84. The molecule has 150 valence electrons. The Bertz CT molecular complexity index is 996. The summed E-state index contributed by atoms with van der Waals surface area (Å²) in [6.45, 7) is 3.71. The van der Waals surface area contributed by atoms with Crippen LogP contribution in [0.1, 0.15) is 22.8 Å². The van der Waals surface area contributed by atoms with Gasteiger partial charge in [-0.15, -0.1) is 0 Å². The number of amides is 1. The maximum absolute atomic E-state index is 12.5. The maximum Gasteiger partial charge on any atom is 0.340 e. The topological polar surface area (TPSA) is 100 Å². The Morgan fingerprint density at radius 2 is 1.97 bits per heavy atom. The molecule has 0 fully saturated rings. The van der Waals surface area contributed by atoms with Crippen molar-refractivity contribution in [2.45, 2.75) is 13.8 Å². The van der Waals surface area contributed by atoms with E-state index in [1.165, 1.54) is 19.4 Å². The summed E-state index contributed by atoms with van der Waals surface area (Å²) in [7, 11) is 1.49. The van der Waals surface area contributed by atoms with Gasteiger partial charge in [0, 0.05) is 17.3 Å². The number of carbonyl (C=O) groups is 2. The molecule has 1 amide bonds. The minimum Gasteiger partial charge on any atom is -0.495 e. The fraction of sp³-hybridized carbons (Fsp3) is 0.190. The lowest BCUT2D eigenvalue weighted by atomic mass is 10.1. The van der Waals surface area contributed by atoms with Crippen molar-refractivity contribution < 1.29 is 19.1 Å². The van der Waals surface area contributed by atoms with Crippen LogP contribution in [-0.4, -0.2) is 25.6 Å². The van der Waals surface area contributed by atoms with Crippen molar-refractivity contribution in [2.75, 3.05) is 24.4 Å². The van der Waals surface area contributed by atoms with E-state index in [4.69, 9.17) is 21.1 Å². The number of hydrogen-bond acceptors (Lipinski definition) is 6. The van der Waals surface area contributed by atoms with Crippen LogP contribution in [0.5, 0.6) is 5.75 Å². The van der Waals surface area contributed by atoms with E-state index in [1.807, 2.05) is 13.0 Å². The molecule has 0 saturated heterocycles. The van der Waals surface area contributed by atoms with E-state index in [2.05, 4.69) is 10.6 Å². The van der Waals surface area contributed by atoms with Crippen LogP contribution in [0, 0.1) is 18.3 Å². The molecule has 0 unspecified atom stereocenters. The molecule has 8 heteroatoms. The van der Waals surface area contributed by atoms with Gasteiger partial charge in [0.1, 0.15) is 17.4 Å². The second kappa shape index (κ2) is 10.2. The van der Waals surface area contributed by atoms with E-state index in [9.17, 15) is 14.9 Å². The Kier molecular flexibility index (Phi) is 7.63. The first kappa shape index (κ1) is 21.8. The molecule has 0 aliphatic rings. The highest BCUT2D eigenvalue weighted by atomic mass is 35.5. The molecule has 0 atom stereocenters. The third-order valence-electron chi connectivity index (χ3n) is 3.89. The molecule has 0 aromatic heterocycles. The normalized spacial score (nSPS) is 10.7. The highest BCUT2D eigenvalue weighted by Gasteiger charge is 2.16. The molecular weight excluding hydrogens is 394 g/mol. The van der Waals surface area contributed by atoms with Gasteiger partial charge >= 0.3 is 5.97 Å². The zero-order valence-electron chi connectivity index (χ0n) is 16.2. The number of rotatable bonds is 7. The molecule has 0 radical (unpaired) electrons. The third kappa shape index (κ3) is 5.50. The van der Waals surface area contributed by atoms with Crippen molar-refractivity contribution in [3.63, 3.8) is 0 Å². The molecule has 2 aromatic carbocycles. The zero-order chi connectivity index (χ0) is 21.4. The Morgan fingerprint density at radius 1 is 1.24 bits per heavy atom. The molecule has 2 aromatic rings. The second-order valence-corrected chi connectivity index (χ2v) is 6.24. The molecule has 0 heterocycles. The summed E-state index contributed by atoms with van der Waals surface area (Å²) in [5.74, 6) is -0.783. The number of nitriles is 1. The van der Waals surface area contributed by atoms with Gasteiger partial charge in [-0.1, -0.05) is 23.7 Å². The number of methoxy groups -OCH3 is 1. The largest absolute Gasteiger partial charge is 0.495 e. The molecule has 7 nitrogen and oxygen atoms in total. The van der Waals surface area contributed by atoms with Gasteiger partial charge in [0.2, 0.25) is 0 Å². The summed E-state index contributed by atoms with van der Waals surface area (Å²) < 4.78 is 10.2.